The maximum absolute atomic E-state index is 13.1. The van der Waals surface area contributed by atoms with E-state index in [0.29, 0.717) is 25.1 Å². The van der Waals surface area contributed by atoms with Crippen LogP contribution in [-0.4, -0.2) is 33.3 Å². The summed E-state index contributed by atoms with van der Waals surface area (Å²) < 4.78 is 39.6. The number of nitrogens with zero attached hydrogens (tertiary/aromatic N) is 3. The van der Waals surface area contributed by atoms with Crippen LogP contribution in [0.25, 0.3) is 0 Å². The van der Waals surface area contributed by atoms with E-state index in [1.54, 1.807) is 0 Å². The summed E-state index contributed by atoms with van der Waals surface area (Å²) in [6.45, 7) is -0.771. The Morgan fingerprint density at radius 1 is 1.40 bits per heavy atom. The lowest BCUT2D eigenvalue weighted by Crippen LogP contribution is -2.25. The third-order valence-corrected chi connectivity index (χ3v) is 3.54. The van der Waals surface area contributed by atoms with Crippen molar-refractivity contribution in [3.63, 3.8) is 0 Å². The number of carbonyl (C=O) groups excluding carboxylic acids is 1. The highest BCUT2D eigenvalue weighted by atomic mass is 19.3. The lowest BCUT2D eigenvalue weighted by molar-refractivity contribution is -0.0458. The topological polar surface area (TPSA) is 73.8 Å². The summed E-state index contributed by atoms with van der Waals surface area (Å²) in [6.07, 6.45) is 0.944. The molecule has 2 rings (SSSR count). The van der Waals surface area contributed by atoms with Crippen LogP contribution in [0, 0.1) is 5.92 Å². The van der Waals surface area contributed by atoms with Crippen LogP contribution < -0.4 is 5.73 Å². The van der Waals surface area contributed by atoms with Gasteiger partial charge in [-0.1, -0.05) is 0 Å². The SMILES string of the molecule is NC(=O)c1nc(CC2CCC(F)(F)CC2)nn1CCF. The van der Waals surface area contributed by atoms with Gasteiger partial charge in [-0.15, -0.1) is 0 Å². The molecule has 1 aromatic rings. The number of primary amides is 1. The van der Waals surface area contributed by atoms with Crippen molar-refractivity contribution in [1.29, 1.82) is 0 Å². The van der Waals surface area contributed by atoms with Gasteiger partial charge in [0.1, 0.15) is 6.67 Å². The van der Waals surface area contributed by atoms with Gasteiger partial charge >= 0.3 is 0 Å². The number of alkyl halides is 3. The quantitative estimate of drug-likeness (QED) is 0.897. The molecule has 0 aliphatic heterocycles. The molecule has 0 bridgehead atoms. The van der Waals surface area contributed by atoms with E-state index in [9.17, 15) is 18.0 Å². The summed E-state index contributed by atoms with van der Waals surface area (Å²) >= 11 is 0. The first-order valence-electron chi connectivity index (χ1n) is 6.58. The van der Waals surface area contributed by atoms with Gasteiger partial charge in [0.2, 0.25) is 11.7 Å². The van der Waals surface area contributed by atoms with Gasteiger partial charge in [-0.2, -0.15) is 5.10 Å². The first-order chi connectivity index (χ1) is 9.41. The van der Waals surface area contributed by atoms with Gasteiger partial charge in [0.05, 0.1) is 6.54 Å². The van der Waals surface area contributed by atoms with E-state index in [0.717, 1.165) is 4.68 Å². The van der Waals surface area contributed by atoms with Gasteiger partial charge < -0.3 is 5.73 Å². The first-order valence-corrected chi connectivity index (χ1v) is 6.58. The standard InChI is InChI=1S/C12H17F3N4O/c13-5-6-19-11(10(16)20)17-9(18-19)7-8-1-3-12(14,15)4-2-8/h8H,1-7H2,(H2,16,20). The molecule has 20 heavy (non-hydrogen) atoms. The van der Waals surface area contributed by atoms with Gasteiger partial charge in [0.15, 0.2) is 5.82 Å². The monoisotopic (exact) mass is 290 g/mol. The third kappa shape index (κ3) is 3.49. The van der Waals surface area contributed by atoms with Crippen LogP contribution in [0.4, 0.5) is 13.2 Å². The van der Waals surface area contributed by atoms with E-state index in [1.165, 1.54) is 0 Å². The molecule has 1 amide bonds. The van der Waals surface area contributed by atoms with Crippen LogP contribution in [0.2, 0.25) is 0 Å². The van der Waals surface area contributed by atoms with E-state index in [-0.39, 0.29) is 31.1 Å². The molecule has 2 N–H and O–H groups in total. The molecule has 1 heterocycles. The molecule has 0 saturated heterocycles. The Morgan fingerprint density at radius 2 is 2.05 bits per heavy atom. The van der Waals surface area contributed by atoms with Gasteiger partial charge in [-0.25, -0.2) is 22.8 Å². The number of aryl methyl sites for hydroxylation is 1. The molecule has 0 unspecified atom stereocenters. The molecule has 0 aromatic carbocycles. The highest BCUT2D eigenvalue weighted by Crippen LogP contribution is 2.37. The summed E-state index contributed by atoms with van der Waals surface area (Å²) in [5, 5.41) is 4.03. The van der Waals surface area contributed by atoms with Crippen molar-refractivity contribution in [3.05, 3.63) is 11.6 Å². The lowest BCUT2D eigenvalue weighted by atomic mass is 9.85. The molecule has 1 aliphatic rings. The number of halogens is 3. The molecule has 5 nitrogen and oxygen atoms in total. The molecule has 8 heteroatoms. The lowest BCUT2D eigenvalue weighted by Gasteiger charge is -2.27. The Hall–Kier alpha value is -1.60. The zero-order valence-electron chi connectivity index (χ0n) is 11.0. The number of nitrogens with two attached hydrogens (primary N) is 1. The maximum atomic E-state index is 13.1. The van der Waals surface area contributed by atoms with E-state index in [2.05, 4.69) is 10.1 Å². The fourth-order valence-electron chi connectivity index (χ4n) is 2.46. The van der Waals surface area contributed by atoms with Gasteiger partial charge in [-0.05, 0) is 18.8 Å². The van der Waals surface area contributed by atoms with Gasteiger partial charge in [0, 0.05) is 19.3 Å². The van der Waals surface area contributed by atoms with Crippen molar-refractivity contribution in [2.75, 3.05) is 6.67 Å². The fraction of sp³-hybridized carbons (Fsp3) is 0.750. The molecule has 1 fully saturated rings. The number of carbonyl (C=O) groups is 1. The average Bonchev–Trinajstić information content (AvgIpc) is 2.76. The Kier molecular flexibility index (Phi) is 4.29. The van der Waals surface area contributed by atoms with Crippen molar-refractivity contribution in [1.82, 2.24) is 14.8 Å². The number of hydrogen-bond acceptors (Lipinski definition) is 3. The van der Waals surface area contributed by atoms with E-state index in [1.807, 2.05) is 0 Å². The first kappa shape index (κ1) is 14.8. The van der Waals surface area contributed by atoms with Crippen molar-refractivity contribution >= 4 is 5.91 Å². The smallest absolute Gasteiger partial charge is 0.286 e. The summed E-state index contributed by atoms with van der Waals surface area (Å²) in [6, 6.07) is 0. The fourth-order valence-corrected chi connectivity index (χ4v) is 2.46. The minimum absolute atomic E-state index is 0.0663. The largest absolute Gasteiger partial charge is 0.363 e. The molecule has 1 aromatic heterocycles. The third-order valence-electron chi connectivity index (χ3n) is 3.54. The predicted molar refractivity (Wildman–Crippen MR) is 65.1 cm³/mol. The molecular formula is C12H17F3N4O. The number of hydrogen-bond donors (Lipinski definition) is 1. The second-order valence-corrected chi connectivity index (χ2v) is 5.13. The second-order valence-electron chi connectivity index (χ2n) is 5.13. The molecule has 0 radical (unpaired) electrons. The molecule has 0 atom stereocenters. The molecule has 1 saturated carbocycles. The number of aromatic nitrogens is 3. The van der Waals surface area contributed by atoms with Gasteiger partial charge in [-0.3, -0.25) is 4.79 Å². The Morgan fingerprint density at radius 3 is 2.60 bits per heavy atom. The highest BCUT2D eigenvalue weighted by Gasteiger charge is 2.35. The van der Waals surface area contributed by atoms with Crippen molar-refractivity contribution < 1.29 is 18.0 Å². The Labute approximate surface area is 114 Å². The molecule has 0 spiro atoms. The van der Waals surface area contributed by atoms with Crippen LogP contribution >= 0.6 is 0 Å². The van der Waals surface area contributed by atoms with Gasteiger partial charge in [0.25, 0.3) is 5.91 Å². The zero-order valence-corrected chi connectivity index (χ0v) is 11.0. The van der Waals surface area contributed by atoms with Crippen LogP contribution in [0.15, 0.2) is 0 Å². The minimum Gasteiger partial charge on any atom is -0.363 e. The van der Waals surface area contributed by atoms with Crippen LogP contribution in [0.1, 0.15) is 42.1 Å². The number of rotatable bonds is 5. The average molecular weight is 290 g/mol. The van der Waals surface area contributed by atoms with Crippen LogP contribution in [0.5, 0.6) is 0 Å². The predicted octanol–water partition coefficient (Wildman–Crippen LogP) is 1.71. The Balaban J connectivity index is 2.03. The Bertz CT molecular complexity index is 479. The van der Waals surface area contributed by atoms with Crippen molar-refractivity contribution in [3.8, 4) is 0 Å². The second kappa shape index (κ2) is 5.80. The zero-order chi connectivity index (χ0) is 14.8. The molecular weight excluding hydrogens is 273 g/mol. The highest BCUT2D eigenvalue weighted by molar-refractivity contribution is 5.89. The summed E-state index contributed by atoms with van der Waals surface area (Å²) in [4.78, 5) is 15.1. The minimum atomic E-state index is -2.57. The maximum Gasteiger partial charge on any atom is 0.286 e. The van der Waals surface area contributed by atoms with Crippen LogP contribution in [-0.2, 0) is 13.0 Å². The van der Waals surface area contributed by atoms with E-state index < -0.39 is 18.5 Å². The normalized spacial score (nSPS) is 19.1. The van der Waals surface area contributed by atoms with Crippen LogP contribution in [0.3, 0.4) is 0 Å². The number of amides is 1. The molecule has 1 aliphatic carbocycles. The summed E-state index contributed by atoms with van der Waals surface area (Å²) in [5.41, 5.74) is 5.14. The summed E-state index contributed by atoms with van der Waals surface area (Å²) in [7, 11) is 0. The molecule has 112 valence electrons. The van der Waals surface area contributed by atoms with Crippen molar-refractivity contribution in [2.24, 2.45) is 11.7 Å². The summed E-state index contributed by atoms with van der Waals surface area (Å²) in [5.74, 6) is -3.00. The van der Waals surface area contributed by atoms with E-state index in [4.69, 9.17) is 5.73 Å². The van der Waals surface area contributed by atoms with E-state index >= 15 is 0 Å². The van der Waals surface area contributed by atoms with Crippen molar-refractivity contribution in [2.45, 2.75) is 44.6 Å².